The third-order valence-corrected chi connectivity index (χ3v) is 4.31. The Morgan fingerprint density at radius 3 is 2.65 bits per heavy atom. The van der Waals surface area contributed by atoms with Gasteiger partial charge in [-0.25, -0.2) is 0 Å². The number of hydrogen-bond acceptors (Lipinski definition) is 2. The van der Waals surface area contributed by atoms with E-state index in [0.717, 1.165) is 0 Å². The third kappa shape index (κ3) is 3.42. The number of benzene rings is 1. The van der Waals surface area contributed by atoms with Gasteiger partial charge in [-0.15, -0.1) is 0 Å². The van der Waals surface area contributed by atoms with Crippen molar-refractivity contribution in [1.82, 2.24) is 5.32 Å². The van der Waals surface area contributed by atoms with Crippen molar-refractivity contribution in [2.75, 3.05) is 7.11 Å². The van der Waals surface area contributed by atoms with E-state index in [1.165, 1.54) is 28.4 Å². The second kappa shape index (κ2) is 6.16. The van der Waals surface area contributed by atoms with Crippen molar-refractivity contribution in [3.8, 4) is 0 Å². The predicted molar refractivity (Wildman–Crippen MR) is 79.1 cm³/mol. The molecule has 1 fully saturated rings. The Morgan fingerprint density at radius 1 is 1.29 bits per heavy atom. The van der Waals surface area contributed by atoms with Gasteiger partial charge in [-0.1, -0.05) is 12.1 Å². The van der Waals surface area contributed by atoms with Gasteiger partial charge in [0.1, 0.15) is 0 Å². The monoisotopic (exact) mass is 345 g/mol. The number of halogens is 1. The van der Waals surface area contributed by atoms with Crippen LogP contribution >= 0.6 is 22.6 Å². The molecule has 2 nitrogen and oxygen atoms in total. The van der Waals surface area contributed by atoms with Crippen LogP contribution in [0.4, 0.5) is 0 Å². The normalized spacial score (nSPS) is 26.1. The maximum Gasteiger partial charge on any atom is 0.0724 e. The summed E-state index contributed by atoms with van der Waals surface area (Å²) in [6, 6.07) is 9.64. The second-order valence-corrected chi connectivity index (χ2v) is 6.00. The smallest absolute Gasteiger partial charge is 0.0724 e. The van der Waals surface area contributed by atoms with Gasteiger partial charge in [0.25, 0.3) is 0 Å². The molecule has 0 heterocycles. The molecule has 3 unspecified atom stereocenters. The lowest BCUT2D eigenvalue weighted by Crippen LogP contribution is -2.38. The molecule has 2 rings (SSSR count). The van der Waals surface area contributed by atoms with E-state index in [2.05, 4.69) is 59.1 Å². The minimum atomic E-state index is 0.390. The summed E-state index contributed by atoms with van der Waals surface area (Å²) in [6.45, 7) is 2.23. The lowest BCUT2D eigenvalue weighted by Gasteiger charge is -2.24. The zero-order chi connectivity index (χ0) is 12.3. The fourth-order valence-corrected chi connectivity index (χ4v) is 2.93. The highest BCUT2D eigenvalue weighted by atomic mass is 127. The van der Waals surface area contributed by atoms with Gasteiger partial charge in [0, 0.05) is 22.8 Å². The summed E-state index contributed by atoms with van der Waals surface area (Å²) in [7, 11) is 1.82. The molecule has 0 radical (unpaired) electrons. The van der Waals surface area contributed by atoms with Crippen LogP contribution in [0.3, 0.4) is 0 Å². The Bertz CT molecular complexity index is 352. The fraction of sp³-hybridized carbons (Fsp3) is 0.571. The molecule has 0 aliphatic heterocycles. The van der Waals surface area contributed by atoms with Crippen LogP contribution in [0.15, 0.2) is 24.3 Å². The Labute approximate surface area is 117 Å². The van der Waals surface area contributed by atoms with Gasteiger partial charge >= 0.3 is 0 Å². The first kappa shape index (κ1) is 13.3. The van der Waals surface area contributed by atoms with Gasteiger partial charge in [0.15, 0.2) is 0 Å². The summed E-state index contributed by atoms with van der Waals surface area (Å²) in [4.78, 5) is 0. The average Bonchev–Trinajstić information content (AvgIpc) is 2.77. The van der Waals surface area contributed by atoms with Crippen molar-refractivity contribution in [3.63, 3.8) is 0 Å². The quantitative estimate of drug-likeness (QED) is 0.844. The maximum atomic E-state index is 5.52. The van der Waals surface area contributed by atoms with Crippen LogP contribution in [-0.2, 0) is 4.74 Å². The summed E-state index contributed by atoms with van der Waals surface area (Å²) in [6.07, 6.45) is 4.08. The minimum absolute atomic E-state index is 0.390. The molecule has 0 amide bonds. The fourth-order valence-electron chi connectivity index (χ4n) is 2.57. The minimum Gasteiger partial charge on any atom is -0.380 e. The lowest BCUT2D eigenvalue weighted by atomic mass is 10.1. The summed E-state index contributed by atoms with van der Waals surface area (Å²) in [5.74, 6) is 0. The first-order valence-electron chi connectivity index (χ1n) is 6.25. The van der Waals surface area contributed by atoms with Gasteiger partial charge in [-0.05, 0) is 66.5 Å². The highest BCUT2D eigenvalue weighted by Gasteiger charge is 2.28. The highest BCUT2D eigenvalue weighted by molar-refractivity contribution is 14.1. The number of nitrogens with one attached hydrogen (secondary N) is 1. The van der Waals surface area contributed by atoms with Crippen LogP contribution in [0.1, 0.15) is 37.8 Å². The van der Waals surface area contributed by atoms with E-state index in [9.17, 15) is 0 Å². The average molecular weight is 345 g/mol. The van der Waals surface area contributed by atoms with E-state index in [4.69, 9.17) is 4.74 Å². The summed E-state index contributed by atoms with van der Waals surface area (Å²) >= 11 is 2.34. The number of hydrogen-bond donors (Lipinski definition) is 1. The molecule has 3 heteroatoms. The Morgan fingerprint density at radius 2 is 2.00 bits per heavy atom. The van der Waals surface area contributed by atoms with Gasteiger partial charge in [0.05, 0.1) is 6.10 Å². The van der Waals surface area contributed by atoms with Crippen LogP contribution in [-0.4, -0.2) is 19.3 Å². The topological polar surface area (TPSA) is 21.3 Å². The van der Waals surface area contributed by atoms with E-state index in [0.29, 0.717) is 18.2 Å². The zero-order valence-electron chi connectivity index (χ0n) is 10.4. The Hall–Kier alpha value is -0.130. The van der Waals surface area contributed by atoms with Crippen molar-refractivity contribution in [2.45, 2.75) is 44.4 Å². The Balaban J connectivity index is 1.96. The van der Waals surface area contributed by atoms with Crippen molar-refractivity contribution >= 4 is 22.6 Å². The molecule has 1 aliphatic rings. The van der Waals surface area contributed by atoms with Crippen molar-refractivity contribution < 1.29 is 4.74 Å². The molecule has 0 saturated heterocycles. The van der Waals surface area contributed by atoms with Crippen molar-refractivity contribution in [1.29, 1.82) is 0 Å². The van der Waals surface area contributed by atoms with Crippen LogP contribution in [0, 0.1) is 3.57 Å². The van der Waals surface area contributed by atoms with Gasteiger partial charge < -0.3 is 10.1 Å². The van der Waals surface area contributed by atoms with Crippen LogP contribution in [0.2, 0.25) is 0 Å². The molecular formula is C14H20INO. The summed E-state index contributed by atoms with van der Waals surface area (Å²) < 4.78 is 6.80. The molecule has 1 N–H and O–H groups in total. The molecule has 0 spiro atoms. The van der Waals surface area contributed by atoms with Crippen LogP contribution in [0.25, 0.3) is 0 Å². The van der Waals surface area contributed by atoms with Crippen molar-refractivity contribution in [3.05, 3.63) is 33.4 Å². The Kier molecular flexibility index (Phi) is 4.82. The summed E-state index contributed by atoms with van der Waals surface area (Å²) in [5.41, 5.74) is 1.35. The highest BCUT2D eigenvalue weighted by Crippen LogP contribution is 2.24. The summed E-state index contributed by atoms with van der Waals surface area (Å²) in [5, 5.41) is 3.69. The van der Waals surface area contributed by atoms with E-state index < -0.39 is 0 Å². The van der Waals surface area contributed by atoms with Crippen LogP contribution < -0.4 is 5.32 Å². The van der Waals surface area contributed by atoms with E-state index >= 15 is 0 Å². The lowest BCUT2D eigenvalue weighted by molar-refractivity contribution is 0.0820. The SMILES string of the molecule is COC1CCCC1NC(C)c1ccc(I)cc1. The van der Waals surface area contributed by atoms with E-state index in [1.54, 1.807) is 0 Å². The molecule has 94 valence electrons. The van der Waals surface area contributed by atoms with Crippen molar-refractivity contribution in [2.24, 2.45) is 0 Å². The van der Waals surface area contributed by atoms with Gasteiger partial charge in [-0.3, -0.25) is 0 Å². The maximum absolute atomic E-state index is 5.52. The zero-order valence-corrected chi connectivity index (χ0v) is 12.6. The van der Waals surface area contributed by atoms with E-state index in [-0.39, 0.29) is 0 Å². The molecule has 17 heavy (non-hydrogen) atoms. The standard InChI is InChI=1S/C14H20INO/c1-10(11-6-8-12(15)9-7-11)16-13-4-3-5-14(13)17-2/h6-10,13-14,16H,3-5H2,1-2H3. The second-order valence-electron chi connectivity index (χ2n) is 4.75. The van der Waals surface area contributed by atoms with Crippen LogP contribution in [0.5, 0.6) is 0 Å². The largest absolute Gasteiger partial charge is 0.380 e. The molecular weight excluding hydrogens is 325 g/mol. The molecule has 1 aromatic carbocycles. The number of ether oxygens (including phenoxy) is 1. The first-order valence-corrected chi connectivity index (χ1v) is 7.33. The number of rotatable bonds is 4. The predicted octanol–water partition coefficient (Wildman–Crippen LogP) is 3.51. The van der Waals surface area contributed by atoms with Gasteiger partial charge in [0.2, 0.25) is 0 Å². The molecule has 3 atom stereocenters. The molecule has 1 aliphatic carbocycles. The number of methoxy groups -OCH3 is 1. The van der Waals surface area contributed by atoms with Gasteiger partial charge in [-0.2, -0.15) is 0 Å². The third-order valence-electron chi connectivity index (χ3n) is 3.59. The van der Waals surface area contributed by atoms with E-state index in [1.807, 2.05) is 7.11 Å². The molecule has 0 bridgehead atoms. The molecule has 0 aromatic heterocycles. The first-order chi connectivity index (χ1) is 8.20. The molecule has 1 saturated carbocycles. The molecule has 1 aromatic rings.